The summed E-state index contributed by atoms with van der Waals surface area (Å²) in [4.78, 5) is 28.9. The Bertz CT molecular complexity index is 494. The highest BCUT2D eigenvalue weighted by atomic mass is 35.5. The summed E-state index contributed by atoms with van der Waals surface area (Å²) in [5.41, 5.74) is -0.330. The molecule has 1 rings (SSSR count). The van der Waals surface area contributed by atoms with Crippen LogP contribution in [0.1, 0.15) is 36.8 Å². The molecule has 1 heterocycles. The van der Waals surface area contributed by atoms with Crippen LogP contribution in [0.25, 0.3) is 0 Å². The van der Waals surface area contributed by atoms with E-state index < -0.39 is 11.5 Å². The highest BCUT2D eigenvalue weighted by Gasteiger charge is 2.37. The van der Waals surface area contributed by atoms with Crippen LogP contribution in [0.5, 0.6) is 0 Å². The summed E-state index contributed by atoms with van der Waals surface area (Å²) >= 11 is 5.82. The summed E-state index contributed by atoms with van der Waals surface area (Å²) in [5, 5.41) is 9.43. The van der Waals surface area contributed by atoms with Crippen LogP contribution < -0.4 is 0 Å². The lowest BCUT2D eigenvalue weighted by molar-refractivity contribution is -0.147. The Labute approximate surface area is 117 Å². The van der Waals surface area contributed by atoms with Gasteiger partial charge in [0, 0.05) is 17.8 Å². The smallest absolute Gasteiger partial charge is 0.329 e. The predicted molar refractivity (Wildman–Crippen MR) is 72.4 cm³/mol. The third-order valence-corrected chi connectivity index (χ3v) is 3.12. The molecule has 0 fully saturated rings. The van der Waals surface area contributed by atoms with Crippen molar-refractivity contribution in [2.24, 2.45) is 0 Å². The number of carboxylic acid groups (broad SMARTS) is 1. The molecule has 0 aromatic carbocycles. The lowest BCUT2D eigenvalue weighted by atomic mass is 10.0. The molecule has 0 radical (unpaired) electrons. The summed E-state index contributed by atoms with van der Waals surface area (Å²) < 4.78 is 0. The van der Waals surface area contributed by atoms with Crippen LogP contribution in [0, 0.1) is 6.92 Å². The molecule has 0 spiro atoms. The largest absolute Gasteiger partial charge is 0.480 e. The molecule has 1 aromatic rings. The highest BCUT2D eigenvalue weighted by Crippen LogP contribution is 2.20. The van der Waals surface area contributed by atoms with E-state index in [-0.39, 0.29) is 17.6 Å². The second kappa shape index (κ2) is 5.57. The first-order chi connectivity index (χ1) is 8.70. The standard InChI is InChI=1S/C13H17ClN2O3/c1-5-16(13(3,4)12(18)19)11(17)9-6-8(2)15-10(14)7-9/h6-7H,5H2,1-4H3,(H,18,19). The number of halogens is 1. The van der Waals surface area contributed by atoms with Crippen molar-refractivity contribution in [1.82, 2.24) is 9.88 Å². The minimum absolute atomic E-state index is 0.215. The summed E-state index contributed by atoms with van der Waals surface area (Å²) in [6.07, 6.45) is 0. The molecule has 0 atom stereocenters. The van der Waals surface area contributed by atoms with Gasteiger partial charge in [0.25, 0.3) is 5.91 Å². The first-order valence-electron chi connectivity index (χ1n) is 5.89. The van der Waals surface area contributed by atoms with Gasteiger partial charge in [0.15, 0.2) is 0 Å². The molecular weight excluding hydrogens is 268 g/mol. The number of carboxylic acids is 1. The van der Waals surface area contributed by atoms with Gasteiger partial charge in [0.2, 0.25) is 0 Å². The Morgan fingerprint density at radius 3 is 2.42 bits per heavy atom. The molecule has 0 unspecified atom stereocenters. The maximum atomic E-state index is 12.4. The number of likely N-dealkylation sites (N-methyl/N-ethyl adjacent to an activating group) is 1. The van der Waals surface area contributed by atoms with Gasteiger partial charge in [-0.1, -0.05) is 11.6 Å². The van der Waals surface area contributed by atoms with Crippen molar-refractivity contribution in [3.63, 3.8) is 0 Å². The number of aliphatic carboxylic acids is 1. The monoisotopic (exact) mass is 284 g/mol. The summed E-state index contributed by atoms with van der Waals surface area (Å²) in [6, 6.07) is 3.03. The minimum atomic E-state index is -1.28. The Kier molecular flexibility index (Phi) is 4.52. The van der Waals surface area contributed by atoms with Crippen LogP contribution in [-0.2, 0) is 4.79 Å². The molecule has 0 aliphatic carbocycles. The third kappa shape index (κ3) is 3.23. The van der Waals surface area contributed by atoms with E-state index in [1.807, 2.05) is 0 Å². The van der Waals surface area contributed by atoms with Gasteiger partial charge in [-0.3, -0.25) is 4.79 Å². The summed E-state index contributed by atoms with van der Waals surface area (Å²) in [7, 11) is 0. The van der Waals surface area contributed by atoms with Crippen LogP contribution >= 0.6 is 11.6 Å². The number of aryl methyl sites for hydroxylation is 1. The number of carbonyl (C=O) groups excluding carboxylic acids is 1. The first kappa shape index (κ1) is 15.4. The number of rotatable bonds is 4. The van der Waals surface area contributed by atoms with E-state index in [4.69, 9.17) is 11.6 Å². The van der Waals surface area contributed by atoms with E-state index in [0.717, 1.165) is 0 Å². The average molecular weight is 285 g/mol. The van der Waals surface area contributed by atoms with E-state index in [9.17, 15) is 14.7 Å². The van der Waals surface area contributed by atoms with Crippen molar-refractivity contribution < 1.29 is 14.7 Å². The summed E-state index contributed by atoms with van der Waals surface area (Å²) in [6.45, 7) is 6.73. The third-order valence-electron chi connectivity index (χ3n) is 2.93. The Balaban J connectivity index is 3.19. The molecule has 0 aliphatic rings. The van der Waals surface area contributed by atoms with Crippen molar-refractivity contribution in [1.29, 1.82) is 0 Å². The normalized spacial score (nSPS) is 11.2. The van der Waals surface area contributed by atoms with Gasteiger partial charge >= 0.3 is 5.97 Å². The van der Waals surface area contributed by atoms with Crippen LogP contribution in [-0.4, -0.2) is 39.0 Å². The molecular formula is C13H17ClN2O3. The fourth-order valence-corrected chi connectivity index (χ4v) is 2.07. The van der Waals surface area contributed by atoms with E-state index in [1.165, 1.54) is 24.8 Å². The molecule has 1 amide bonds. The van der Waals surface area contributed by atoms with Crippen molar-refractivity contribution in [3.05, 3.63) is 28.5 Å². The molecule has 1 aromatic heterocycles. The van der Waals surface area contributed by atoms with Gasteiger partial charge in [-0.25, -0.2) is 9.78 Å². The lowest BCUT2D eigenvalue weighted by Crippen LogP contribution is -2.52. The molecule has 0 bridgehead atoms. The maximum absolute atomic E-state index is 12.4. The van der Waals surface area contributed by atoms with Gasteiger partial charge in [-0.2, -0.15) is 0 Å². The predicted octanol–water partition coefficient (Wildman–Crippen LogP) is 2.37. The van der Waals surface area contributed by atoms with E-state index in [2.05, 4.69) is 4.98 Å². The van der Waals surface area contributed by atoms with Gasteiger partial charge in [0.05, 0.1) is 0 Å². The quantitative estimate of drug-likeness (QED) is 0.862. The number of hydrogen-bond acceptors (Lipinski definition) is 3. The first-order valence-corrected chi connectivity index (χ1v) is 6.27. The van der Waals surface area contributed by atoms with Crippen LogP contribution in [0.4, 0.5) is 0 Å². The van der Waals surface area contributed by atoms with Crippen LogP contribution in [0.15, 0.2) is 12.1 Å². The topological polar surface area (TPSA) is 70.5 Å². The number of amides is 1. The number of aromatic nitrogens is 1. The van der Waals surface area contributed by atoms with Gasteiger partial charge < -0.3 is 10.0 Å². The second-order valence-corrected chi connectivity index (χ2v) is 5.12. The van der Waals surface area contributed by atoms with Crippen LogP contribution in [0.2, 0.25) is 5.15 Å². The van der Waals surface area contributed by atoms with Crippen molar-refractivity contribution in [2.45, 2.75) is 33.2 Å². The second-order valence-electron chi connectivity index (χ2n) is 4.73. The molecule has 104 valence electrons. The van der Waals surface area contributed by atoms with E-state index >= 15 is 0 Å². The van der Waals surface area contributed by atoms with E-state index in [1.54, 1.807) is 19.9 Å². The SMILES string of the molecule is CCN(C(=O)c1cc(C)nc(Cl)c1)C(C)(C)C(=O)O. The highest BCUT2D eigenvalue weighted by molar-refractivity contribution is 6.29. The Hall–Kier alpha value is -1.62. The minimum Gasteiger partial charge on any atom is -0.480 e. The number of nitrogens with zero attached hydrogens (tertiary/aromatic N) is 2. The Morgan fingerprint density at radius 1 is 1.42 bits per heavy atom. The van der Waals surface area contributed by atoms with Crippen molar-refractivity contribution >= 4 is 23.5 Å². The molecule has 1 N–H and O–H groups in total. The van der Waals surface area contributed by atoms with Gasteiger partial charge in [-0.15, -0.1) is 0 Å². The van der Waals surface area contributed by atoms with E-state index in [0.29, 0.717) is 11.3 Å². The number of carbonyl (C=O) groups is 2. The fraction of sp³-hybridized carbons (Fsp3) is 0.462. The lowest BCUT2D eigenvalue weighted by Gasteiger charge is -2.34. The molecule has 19 heavy (non-hydrogen) atoms. The van der Waals surface area contributed by atoms with Crippen molar-refractivity contribution in [2.75, 3.05) is 6.54 Å². The molecule has 0 saturated carbocycles. The summed E-state index contributed by atoms with van der Waals surface area (Å²) in [5.74, 6) is -1.43. The zero-order valence-electron chi connectivity index (χ0n) is 11.4. The molecule has 0 aliphatic heterocycles. The number of pyridine rings is 1. The van der Waals surface area contributed by atoms with Gasteiger partial charge in [-0.05, 0) is 39.8 Å². The number of hydrogen-bond donors (Lipinski definition) is 1. The van der Waals surface area contributed by atoms with Crippen molar-refractivity contribution in [3.8, 4) is 0 Å². The van der Waals surface area contributed by atoms with Gasteiger partial charge in [0.1, 0.15) is 10.7 Å². The van der Waals surface area contributed by atoms with Crippen LogP contribution in [0.3, 0.4) is 0 Å². The molecule has 5 nitrogen and oxygen atoms in total. The molecule has 6 heteroatoms. The fourth-order valence-electron chi connectivity index (χ4n) is 1.82. The maximum Gasteiger partial charge on any atom is 0.329 e. The zero-order valence-corrected chi connectivity index (χ0v) is 12.2. The Morgan fingerprint density at radius 2 is 2.00 bits per heavy atom. The molecule has 0 saturated heterocycles. The zero-order chi connectivity index (χ0) is 14.8. The average Bonchev–Trinajstić information content (AvgIpc) is 2.27.